The number of ether oxygens (including phenoxy) is 1. The summed E-state index contributed by atoms with van der Waals surface area (Å²) in [7, 11) is 1.83. The number of benzene rings is 1. The highest BCUT2D eigenvalue weighted by molar-refractivity contribution is 5.14. The minimum atomic E-state index is 0.0486. The summed E-state index contributed by atoms with van der Waals surface area (Å²) in [6, 6.07) is 10.7. The minimum absolute atomic E-state index is 0.0486. The highest BCUT2D eigenvalue weighted by Crippen LogP contribution is 2.24. The van der Waals surface area contributed by atoms with Gasteiger partial charge < -0.3 is 4.74 Å². The van der Waals surface area contributed by atoms with Crippen molar-refractivity contribution in [2.75, 3.05) is 20.2 Å². The van der Waals surface area contributed by atoms with E-state index in [-0.39, 0.29) is 5.60 Å². The Hall–Kier alpha value is -0.860. The molecule has 1 heterocycles. The van der Waals surface area contributed by atoms with Crippen LogP contribution in [0, 0.1) is 0 Å². The molecule has 0 spiro atoms. The number of piperidine rings is 1. The molecule has 88 valence electrons. The van der Waals surface area contributed by atoms with Gasteiger partial charge in [-0.3, -0.25) is 4.90 Å². The topological polar surface area (TPSA) is 12.5 Å². The van der Waals surface area contributed by atoms with E-state index in [0.717, 1.165) is 13.1 Å². The molecule has 1 aromatic carbocycles. The van der Waals surface area contributed by atoms with Crippen molar-refractivity contribution < 1.29 is 4.74 Å². The minimum Gasteiger partial charge on any atom is -0.377 e. The smallest absolute Gasteiger partial charge is 0.0777 e. The first-order chi connectivity index (χ1) is 7.72. The molecule has 0 aromatic heterocycles. The maximum atomic E-state index is 5.60. The SMILES string of the molecule is CO[C@@]1(C)CCCN(Cc2ccccc2)C1. The molecule has 0 N–H and O–H groups in total. The first-order valence-corrected chi connectivity index (χ1v) is 6.03. The molecule has 2 nitrogen and oxygen atoms in total. The van der Waals surface area contributed by atoms with E-state index in [9.17, 15) is 0 Å². The van der Waals surface area contributed by atoms with Crippen molar-refractivity contribution in [1.82, 2.24) is 4.90 Å². The van der Waals surface area contributed by atoms with E-state index in [1.165, 1.54) is 24.9 Å². The first kappa shape index (κ1) is 11.6. The molecule has 2 heteroatoms. The van der Waals surface area contributed by atoms with E-state index in [4.69, 9.17) is 4.74 Å². The van der Waals surface area contributed by atoms with Gasteiger partial charge in [-0.25, -0.2) is 0 Å². The summed E-state index contributed by atoms with van der Waals surface area (Å²) in [6.45, 7) is 5.48. The molecule has 0 unspecified atom stereocenters. The monoisotopic (exact) mass is 219 g/mol. The molecule has 2 rings (SSSR count). The highest BCUT2D eigenvalue weighted by atomic mass is 16.5. The summed E-state index contributed by atoms with van der Waals surface area (Å²) in [5.41, 5.74) is 1.44. The van der Waals surface area contributed by atoms with E-state index in [0.29, 0.717) is 0 Å². The largest absolute Gasteiger partial charge is 0.377 e. The zero-order chi connectivity index (χ0) is 11.4. The molecule has 1 saturated heterocycles. The van der Waals surface area contributed by atoms with Crippen LogP contribution in [0.25, 0.3) is 0 Å². The Labute approximate surface area is 98.2 Å². The number of likely N-dealkylation sites (tertiary alicyclic amines) is 1. The molecule has 0 radical (unpaired) electrons. The van der Waals surface area contributed by atoms with Crippen LogP contribution >= 0.6 is 0 Å². The lowest BCUT2D eigenvalue weighted by molar-refractivity contribution is -0.0527. The van der Waals surface area contributed by atoms with Gasteiger partial charge in [0, 0.05) is 20.2 Å². The first-order valence-electron chi connectivity index (χ1n) is 6.03. The van der Waals surface area contributed by atoms with Crippen molar-refractivity contribution in [3.8, 4) is 0 Å². The molecule has 1 aliphatic heterocycles. The number of nitrogens with zero attached hydrogens (tertiary/aromatic N) is 1. The summed E-state index contributed by atoms with van der Waals surface area (Å²) in [5.74, 6) is 0. The average Bonchev–Trinajstić information content (AvgIpc) is 2.30. The summed E-state index contributed by atoms with van der Waals surface area (Å²) in [4.78, 5) is 2.49. The van der Waals surface area contributed by atoms with Crippen LogP contribution in [0.1, 0.15) is 25.3 Å². The summed E-state index contributed by atoms with van der Waals surface area (Å²) >= 11 is 0. The van der Waals surface area contributed by atoms with E-state index in [2.05, 4.69) is 42.2 Å². The van der Waals surface area contributed by atoms with Crippen LogP contribution in [-0.4, -0.2) is 30.7 Å². The Kier molecular flexibility index (Phi) is 3.62. The third-order valence-electron chi connectivity index (χ3n) is 3.48. The highest BCUT2D eigenvalue weighted by Gasteiger charge is 2.30. The summed E-state index contributed by atoms with van der Waals surface area (Å²) < 4.78 is 5.60. The molecular formula is C14H21NO. The van der Waals surface area contributed by atoms with E-state index in [1.807, 2.05) is 7.11 Å². The van der Waals surface area contributed by atoms with Crippen LogP contribution in [-0.2, 0) is 11.3 Å². The number of methoxy groups -OCH3 is 1. The van der Waals surface area contributed by atoms with E-state index in [1.54, 1.807) is 0 Å². The van der Waals surface area contributed by atoms with Gasteiger partial charge in [-0.2, -0.15) is 0 Å². The van der Waals surface area contributed by atoms with Gasteiger partial charge in [0.25, 0.3) is 0 Å². The van der Waals surface area contributed by atoms with Crippen LogP contribution in [0.15, 0.2) is 30.3 Å². The van der Waals surface area contributed by atoms with Crippen molar-refractivity contribution >= 4 is 0 Å². The Morgan fingerprint density at radius 1 is 1.31 bits per heavy atom. The lowest BCUT2D eigenvalue weighted by Crippen LogP contribution is -2.46. The third kappa shape index (κ3) is 2.83. The van der Waals surface area contributed by atoms with E-state index >= 15 is 0 Å². The van der Waals surface area contributed by atoms with Gasteiger partial charge in [-0.05, 0) is 31.9 Å². The van der Waals surface area contributed by atoms with Gasteiger partial charge in [-0.15, -0.1) is 0 Å². The van der Waals surface area contributed by atoms with Crippen LogP contribution in [0.3, 0.4) is 0 Å². The summed E-state index contributed by atoms with van der Waals surface area (Å²) in [5, 5.41) is 0. The van der Waals surface area contributed by atoms with Gasteiger partial charge in [0.05, 0.1) is 5.60 Å². The Bertz CT molecular complexity index is 325. The quantitative estimate of drug-likeness (QED) is 0.775. The molecule has 1 aliphatic rings. The lowest BCUT2D eigenvalue weighted by atomic mass is 9.94. The van der Waals surface area contributed by atoms with Gasteiger partial charge in [-0.1, -0.05) is 30.3 Å². The van der Waals surface area contributed by atoms with Crippen molar-refractivity contribution in [1.29, 1.82) is 0 Å². The second-order valence-electron chi connectivity index (χ2n) is 4.95. The Morgan fingerprint density at radius 3 is 2.75 bits per heavy atom. The molecule has 0 bridgehead atoms. The number of hydrogen-bond acceptors (Lipinski definition) is 2. The van der Waals surface area contributed by atoms with Crippen molar-refractivity contribution in [2.45, 2.75) is 31.9 Å². The molecule has 0 saturated carbocycles. The predicted octanol–water partition coefficient (Wildman–Crippen LogP) is 2.69. The molecule has 16 heavy (non-hydrogen) atoms. The molecule has 1 atom stereocenters. The van der Waals surface area contributed by atoms with Gasteiger partial charge in [0.15, 0.2) is 0 Å². The Balaban J connectivity index is 1.96. The second kappa shape index (κ2) is 4.98. The van der Waals surface area contributed by atoms with Crippen LogP contribution in [0.5, 0.6) is 0 Å². The molecule has 0 aliphatic carbocycles. The molecule has 1 fully saturated rings. The zero-order valence-corrected chi connectivity index (χ0v) is 10.3. The Morgan fingerprint density at radius 2 is 2.06 bits per heavy atom. The average molecular weight is 219 g/mol. The van der Waals surface area contributed by atoms with Gasteiger partial charge >= 0.3 is 0 Å². The number of rotatable bonds is 3. The van der Waals surface area contributed by atoms with Gasteiger partial charge in [0.2, 0.25) is 0 Å². The molecule has 1 aromatic rings. The normalized spacial score (nSPS) is 26.9. The fraction of sp³-hybridized carbons (Fsp3) is 0.571. The van der Waals surface area contributed by atoms with Crippen LogP contribution in [0.2, 0.25) is 0 Å². The zero-order valence-electron chi connectivity index (χ0n) is 10.3. The maximum Gasteiger partial charge on any atom is 0.0777 e. The molecule has 0 amide bonds. The fourth-order valence-electron chi connectivity index (χ4n) is 2.45. The second-order valence-corrected chi connectivity index (χ2v) is 4.95. The van der Waals surface area contributed by atoms with E-state index < -0.39 is 0 Å². The third-order valence-corrected chi connectivity index (χ3v) is 3.48. The maximum absolute atomic E-state index is 5.60. The van der Waals surface area contributed by atoms with Crippen LogP contribution < -0.4 is 0 Å². The standard InChI is InChI=1S/C14H21NO/c1-14(16-2)9-6-10-15(12-14)11-13-7-4-3-5-8-13/h3-5,7-8H,6,9-12H2,1-2H3/t14-/m0/s1. The van der Waals surface area contributed by atoms with Crippen molar-refractivity contribution in [3.63, 3.8) is 0 Å². The van der Waals surface area contributed by atoms with Crippen molar-refractivity contribution in [2.24, 2.45) is 0 Å². The van der Waals surface area contributed by atoms with Gasteiger partial charge in [0.1, 0.15) is 0 Å². The predicted molar refractivity (Wildman–Crippen MR) is 66.4 cm³/mol. The summed E-state index contributed by atoms with van der Waals surface area (Å²) in [6.07, 6.45) is 2.41. The van der Waals surface area contributed by atoms with Crippen molar-refractivity contribution in [3.05, 3.63) is 35.9 Å². The molecular weight excluding hydrogens is 198 g/mol. The van der Waals surface area contributed by atoms with Crippen LogP contribution in [0.4, 0.5) is 0 Å². The fourth-order valence-corrected chi connectivity index (χ4v) is 2.45. The lowest BCUT2D eigenvalue weighted by Gasteiger charge is -2.39. The number of hydrogen-bond donors (Lipinski definition) is 0.